The highest BCUT2D eigenvalue weighted by Crippen LogP contribution is 2.20. The molecule has 0 radical (unpaired) electrons. The van der Waals surface area contributed by atoms with Gasteiger partial charge in [-0.1, -0.05) is 15.9 Å². The number of halogens is 1. The predicted molar refractivity (Wildman–Crippen MR) is 101 cm³/mol. The van der Waals surface area contributed by atoms with Crippen LogP contribution in [0.1, 0.15) is 22.5 Å². The lowest BCUT2D eigenvalue weighted by molar-refractivity contribution is 0.102. The topological polar surface area (TPSA) is 70.2 Å². The van der Waals surface area contributed by atoms with E-state index in [2.05, 4.69) is 41.7 Å². The minimum atomic E-state index is -0.275. The highest BCUT2D eigenvalue weighted by Gasteiger charge is 2.09. The van der Waals surface area contributed by atoms with Crippen LogP contribution in [0.2, 0.25) is 0 Å². The van der Waals surface area contributed by atoms with Gasteiger partial charge in [0.05, 0.1) is 0 Å². The van der Waals surface area contributed by atoms with E-state index in [4.69, 9.17) is 0 Å². The number of carbonyl (C=O) groups excluding carboxylic acids is 1. The van der Waals surface area contributed by atoms with Crippen LogP contribution < -0.4 is 10.6 Å². The van der Waals surface area contributed by atoms with E-state index in [1.54, 1.807) is 12.1 Å². The number of benzene rings is 1. The van der Waals surface area contributed by atoms with Gasteiger partial charge in [0.1, 0.15) is 5.82 Å². The van der Waals surface area contributed by atoms with Gasteiger partial charge in [0, 0.05) is 16.7 Å². The van der Waals surface area contributed by atoms with Crippen LogP contribution in [0.25, 0.3) is 0 Å². The average molecular weight is 392 g/mol. The summed E-state index contributed by atoms with van der Waals surface area (Å²) in [6, 6.07) is 9.07. The maximum atomic E-state index is 12.2. The third-order valence-corrected chi connectivity index (χ3v) is 4.29. The fourth-order valence-corrected chi connectivity index (χ4v) is 2.32. The first-order valence-corrected chi connectivity index (χ1v) is 8.55. The fourth-order valence-electron chi connectivity index (χ4n) is 2.08. The van der Waals surface area contributed by atoms with E-state index in [0.717, 1.165) is 35.2 Å². The molecular formula is C17H22BrN5O. The standard InChI is InChI=1S/C17H22BrN5O/c1-12-11-13(5-6-14(12)18)20-17(24)15-7-8-16(22-21-15)19-9-4-10-23(2)3/h5-8,11H,4,9-10H2,1-3H3,(H,19,22)(H,20,24). The second kappa shape index (κ2) is 8.75. The van der Waals surface area contributed by atoms with E-state index in [1.165, 1.54) is 0 Å². The van der Waals surface area contributed by atoms with Crippen LogP contribution >= 0.6 is 15.9 Å². The lowest BCUT2D eigenvalue weighted by Crippen LogP contribution is -2.17. The monoisotopic (exact) mass is 391 g/mol. The number of rotatable bonds is 7. The van der Waals surface area contributed by atoms with Gasteiger partial charge >= 0.3 is 0 Å². The molecule has 2 N–H and O–H groups in total. The molecule has 0 unspecified atom stereocenters. The van der Waals surface area contributed by atoms with Gasteiger partial charge in [-0.3, -0.25) is 4.79 Å². The summed E-state index contributed by atoms with van der Waals surface area (Å²) in [5.74, 6) is 0.396. The molecule has 0 spiro atoms. The van der Waals surface area contributed by atoms with Gasteiger partial charge in [-0.2, -0.15) is 0 Å². The molecule has 0 saturated heterocycles. The van der Waals surface area contributed by atoms with Crippen LogP contribution in [0.15, 0.2) is 34.8 Å². The number of aryl methyl sites for hydroxylation is 1. The molecule has 0 aliphatic carbocycles. The fraction of sp³-hybridized carbons (Fsp3) is 0.353. The zero-order valence-corrected chi connectivity index (χ0v) is 15.7. The first-order chi connectivity index (χ1) is 11.5. The summed E-state index contributed by atoms with van der Waals surface area (Å²) in [5, 5.41) is 14.0. The Labute approximate surface area is 150 Å². The molecular weight excluding hydrogens is 370 g/mol. The van der Waals surface area contributed by atoms with Crippen molar-refractivity contribution < 1.29 is 4.79 Å². The van der Waals surface area contributed by atoms with Crippen molar-refractivity contribution in [2.75, 3.05) is 37.8 Å². The molecule has 1 aromatic heterocycles. The Morgan fingerprint density at radius 1 is 1.21 bits per heavy atom. The van der Waals surface area contributed by atoms with Gasteiger partial charge in [0.2, 0.25) is 0 Å². The highest BCUT2D eigenvalue weighted by molar-refractivity contribution is 9.10. The summed E-state index contributed by atoms with van der Waals surface area (Å²) in [6.07, 6.45) is 1.01. The summed E-state index contributed by atoms with van der Waals surface area (Å²) in [7, 11) is 4.08. The molecule has 0 aliphatic rings. The Kier molecular flexibility index (Phi) is 6.69. The Morgan fingerprint density at radius 3 is 2.62 bits per heavy atom. The van der Waals surface area contributed by atoms with E-state index in [-0.39, 0.29) is 11.6 Å². The number of aromatic nitrogens is 2. The number of nitrogens with zero attached hydrogens (tertiary/aromatic N) is 3. The first kappa shape index (κ1) is 18.4. The van der Waals surface area contributed by atoms with Crippen LogP contribution in [0, 0.1) is 6.92 Å². The van der Waals surface area contributed by atoms with Crippen molar-refractivity contribution in [3.05, 3.63) is 46.1 Å². The molecule has 2 aromatic rings. The first-order valence-electron chi connectivity index (χ1n) is 7.75. The Balaban J connectivity index is 1.89. The Morgan fingerprint density at radius 2 is 2.00 bits per heavy atom. The molecule has 7 heteroatoms. The Bertz CT molecular complexity index is 688. The molecule has 2 rings (SSSR count). The van der Waals surface area contributed by atoms with Crippen molar-refractivity contribution in [1.82, 2.24) is 15.1 Å². The average Bonchev–Trinajstić information content (AvgIpc) is 2.55. The molecule has 128 valence electrons. The number of amides is 1. The van der Waals surface area contributed by atoms with Gasteiger partial charge in [-0.05, 0) is 69.9 Å². The zero-order chi connectivity index (χ0) is 17.5. The summed E-state index contributed by atoms with van der Waals surface area (Å²) in [5.41, 5.74) is 2.07. The third kappa shape index (κ3) is 5.58. The summed E-state index contributed by atoms with van der Waals surface area (Å²) >= 11 is 3.44. The number of nitrogens with one attached hydrogen (secondary N) is 2. The van der Waals surface area contributed by atoms with Crippen molar-refractivity contribution >= 4 is 33.3 Å². The highest BCUT2D eigenvalue weighted by atomic mass is 79.9. The van der Waals surface area contributed by atoms with Gasteiger partial charge in [0.15, 0.2) is 5.69 Å². The van der Waals surface area contributed by atoms with Crippen LogP contribution in [-0.2, 0) is 0 Å². The van der Waals surface area contributed by atoms with Gasteiger partial charge in [0.25, 0.3) is 5.91 Å². The molecule has 1 aromatic carbocycles. The smallest absolute Gasteiger partial charge is 0.276 e. The predicted octanol–water partition coefficient (Wildman–Crippen LogP) is 3.16. The van der Waals surface area contributed by atoms with E-state index in [1.807, 2.05) is 39.2 Å². The SMILES string of the molecule is Cc1cc(NC(=O)c2ccc(NCCCN(C)C)nn2)ccc1Br. The molecule has 1 amide bonds. The van der Waals surface area contributed by atoms with Gasteiger partial charge in [-0.25, -0.2) is 0 Å². The zero-order valence-electron chi connectivity index (χ0n) is 14.1. The number of hydrogen-bond acceptors (Lipinski definition) is 5. The van der Waals surface area contributed by atoms with Crippen LogP contribution in [-0.4, -0.2) is 48.2 Å². The van der Waals surface area contributed by atoms with Crippen LogP contribution in [0.3, 0.4) is 0 Å². The van der Waals surface area contributed by atoms with Crippen molar-refractivity contribution in [3.8, 4) is 0 Å². The van der Waals surface area contributed by atoms with Crippen molar-refractivity contribution in [1.29, 1.82) is 0 Å². The molecule has 0 atom stereocenters. The molecule has 6 nitrogen and oxygen atoms in total. The van der Waals surface area contributed by atoms with Crippen molar-refractivity contribution in [2.45, 2.75) is 13.3 Å². The number of anilines is 2. The van der Waals surface area contributed by atoms with Crippen molar-refractivity contribution in [3.63, 3.8) is 0 Å². The Hall–Kier alpha value is -1.99. The lowest BCUT2D eigenvalue weighted by Gasteiger charge is -2.10. The summed E-state index contributed by atoms with van der Waals surface area (Å²) in [4.78, 5) is 14.3. The largest absolute Gasteiger partial charge is 0.369 e. The molecule has 0 fully saturated rings. The number of carbonyl (C=O) groups is 1. The van der Waals surface area contributed by atoms with E-state index < -0.39 is 0 Å². The maximum absolute atomic E-state index is 12.2. The molecule has 0 bridgehead atoms. The summed E-state index contributed by atoms with van der Waals surface area (Å²) < 4.78 is 1.00. The van der Waals surface area contributed by atoms with E-state index >= 15 is 0 Å². The summed E-state index contributed by atoms with van der Waals surface area (Å²) in [6.45, 7) is 3.79. The molecule has 1 heterocycles. The van der Waals surface area contributed by atoms with Gasteiger partial charge in [-0.15, -0.1) is 10.2 Å². The normalized spacial score (nSPS) is 10.7. The lowest BCUT2D eigenvalue weighted by atomic mass is 10.2. The second-order valence-electron chi connectivity index (χ2n) is 5.81. The third-order valence-electron chi connectivity index (χ3n) is 3.40. The van der Waals surface area contributed by atoms with Crippen LogP contribution in [0.5, 0.6) is 0 Å². The van der Waals surface area contributed by atoms with Crippen molar-refractivity contribution in [2.24, 2.45) is 0 Å². The van der Waals surface area contributed by atoms with E-state index in [9.17, 15) is 4.79 Å². The maximum Gasteiger partial charge on any atom is 0.276 e. The quantitative estimate of drug-likeness (QED) is 0.709. The van der Waals surface area contributed by atoms with Crippen LogP contribution in [0.4, 0.5) is 11.5 Å². The van der Waals surface area contributed by atoms with E-state index in [0.29, 0.717) is 5.82 Å². The molecule has 0 aliphatic heterocycles. The molecule has 0 saturated carbocycles. The second-order valence-corrected chi connectivity index (χ2v) is 6.66. The molecule has 24 heavy (non-hydrogen) atoms. The minimum Gasteiger partial charge on any atom is -0.369 e. The minimum absolute atomic E-state index is 0.275. The van der Waals surface area contributed by atoms with Gasteiger partial charge < -0.3 is 15.5 Å². The number of hydrogen-bond donors (Lipinski definition) is 2.